The number of carbonyl (C=O) groups excluding carboxylic acids is 1. The average molecular weight is 672 g/mol. The largest absolute Gasteiger partial charge is 0.504 e. The number of aliphatic hydroxyl groups is 2. The third-order valence-electron chi connectivity index (χ3n) is 11.3. The van der Waals surface area contributed by atoms with Crippen LogP contribution >= 0.6 is 0 Å². The second-order valence-electron chi connectivity index (χ2n) is 14.9. The van der Waals surface area contributed by atoms with E-state index >= 15 is 0 Å². The van der Waals surface area contributed by atoms with Gasteiger partial charge in [-0.2, -0.15) is 0 Å². The fourth-order valence-electron chi connectivity index (χ4n) is 8.49. The van der Waals surface area contributed by atoms with Crippen LogP contribution in [0.25, 0.3) is 0 Å². The van der Waals surface area contributed by atoms with Gasteiger partial charge in [0.05, 0.1) is 23.9 Å². The van der Waals surface area contributed by atoms with Crippen LogP contribution in [-0.4, -0.2) is 52.3 Å². The van der Waals surface area contributed by atoms with Gasteiger partial charge in [0.15, 0.2) is 11.5 Å². The molecule has 3 atom stereocenters. The number of Topliss-reactive ketones (excluding diaryl/α,β-unsaturated/α-hetero) is 1. The molecule has 6 rings (SSSR count). The summed E-state index contributed by atoms with van der Waals surface area (Å²) in [6.45, 7) is 1.03. The number of aryl methyl sites for hydroxylation is 1. The van der Waals surface area contributed by atoms with Crippen molar-refractivity contribution in [1.82, 2.24) is 0 Å². The van der Waals surface area contributed by atoms with Gasteiger partial charge in [-0.05, 0) is 78.8 Å². The molecule has 264 valence electrons. The number of ketones is 1. The van der Waals surface area contributed by atoms with Gasteiger partial charge in [-0.3, -0.25) is 14.7 Å². The maximum Gasteiger partial charge on any atom is 0.227 e. The van der Waals surface area contributed by atoms with Crippen molar-refractivity contribution in [3.8, 4) is 11.5 Å². The maximum atomic E-state index is 12.7. The zero-order valence-electron chi connectivity index (χ0n) is 28.8. The summed E-state index contributed by atoms with van der Waals surface area (Å²) >= 11 is 0. The summed E-state index contributed by atoms with van der Waals surface area (Å²) in [4.78, 5) is 18.6. The molecule has 9 heteroatoms. The maximum absolute atomic E-state index is 12.7. The molecule has 0 aromatic heterocycles. The summed E-state index contributed by atoms with van der Waals surface area (Å²) in [7, 11) is 0. The van der Waals surface area contributed by atoms with Crippen molar-refractivity contribution in [2.45, 2.75) is 120 Å². The smallest absolute Gasteiger partial charge is 0.227 e. The molecular weight excluding hydrogens is 616 g/mol. The first kappa shape index (κ1) is 35.5. The number of nitrogens with one attached hydrogen (secondary N) is 1. The van der Waals surface area contributed by atoms with E-state index in [1.54, 1.807) is 18.2 Å². The Kier molecular flexibility index (Phi) is 11.7. The number of ether oxygens (including phenoxy) is 1. The standard InChI is InChI=1S/C40H54N4O5/c41-39(42)29-9-6-10-30(20-29)40(17-4-5-18-40)35-23-43-36-25-44(24-34(35)36)26-49-38-19-28(13-16-37(38)48)12-15-32(46)22-33(47)21-31(45)14-11-27-7-2-1-3-8-27/h6,9-10,13,16,19-20,23-24,27,31,33,39,45,47-48H,1-5,7-8,11-12,14-15,17-18,21-22,25-26,41-42H2/p+1. The lowest BCUT2D eigenvalue weighted by Gasteiger charge is -2.32. The van der Waals surface area contributed by atoms with E-state index in [4.69, 9.17) is 21.2 Å². The second kappa shape index (κ2) is 16.1. The van der Waals surface area contributed by atoms with E-state index in [2.05, 4.69) is 24.5 Å². The van der Waals surface area contributed by atoms with Crippen LogP contribution in [0, 0.1) is 5.92 Å². The first-order chi connectivity index (χ1) is 23.7. The Bertz CT molecular complexity index is 1550. The number of hydrogen-bond acceptors (Lipinski definition) is 8. The molecule has 49 heavy (non-hydrogen) atoms. The number of carbonyl (C=O) groups is 1. The Morgan fingerprint density at radius 3 is 2.59 bits per heavy atom. The highest BCUT2D eigenvalue weighted by Gasteiger charge is 2.45. The third kappa shape index (κ3) is 8.70. The quantitative estimate of drug-likeness (QED) is 0.142. The average Bonchev–Trinajstić information content (AvgIpc) is 3.84. The summed E-state index contributed by atoms with van der Waals surface area (Å²) in [6, 6.07) is 13.6. The minimum absolute atomic E-state index is 0.0375. The Morgan fingerprint density at radius 2 is 1.82 bits per heavy atom. The molecule has 8 N–H and O–H groups in total. The lowest BCUT2D eigenvalue weighted by atomic mass is 9.70. The molecule has 0 bridgehead atoms. The first-order valence-corrected chi connectivity index (χ1v) is 18.5. The normalized spacial score (nSPS) is 21.7. The molecule has 4 aliphatic rings. The molecule has 0 amide bonds. The number of aliphatic imine (C=N–C) groups is 1. The minimum atomic E-state index is -0.831. The molecule has 2 fully saturated rings. The van der Waals surface area contributed by atoms with Crippen molar-refractivity contribution in [2.24, 2.45) is 22.4 Å². The summed E-state index contributed by atoms with van der Waals surface area (Å²) in [6.07, 6.45) is 15.9. The number of phenolic OH excluding ortho intramolecular Hbond substituents is 1. The molecule has 0 spiro atoms. The summed E-state index contributed by atoms with van der Waals surface area (Å²) < 4.78 is 6.13. The van der Waals surface area contributed by atoms with Crippen LogP contribution in [0.3, 0.4) is 0 Å². The highest BCUT2D eigenvalue weighted by atomic mass is 16.5. The number of allylic oxidation sites excluding steroid dienone is 1. The fraction of sp³-hybridized carbons (Fsp3) is 0.550. The van der Waals surface area contributed by atoms with Crippen LogP contribution in [0.15, 0.2) is 71.0 Å². The van der Waals surface area contributed by atoms with Gasteiger partial charge in [-0.25, -0.2) is 0 Å². The molecule has 2 aromatic carbocycles. The number of aromatic hydroxyl groups is 1. The SMILES string of the molecule is NC(N)c1cccc(C2(C3=CN=C4C[NH+](COc5cc(CCC(=O)CC(O)CC(O)CCC6CCCCC6)ccc5O)C=C34)CCCC2)c1. The minimum Gasteiger partial charge on any atom is -0.504 e. The molecule has 2 aliphatic heterocycles. The predicted molar refractivity (Wildman–Crippen MR) is 191 cm³/mol. The Balaban J connectivity index is 0.999. The zero-order valence-corrected chi connectivity index (χ0v) is 28.8. The fourth-order valence-corrected chi connectivity index (χ4v) is 8.49. The Hall–Kier alpha value is -3.34. The molecule has 2 aromatic rings. The number of nitrogens with two attached hydrogens (primary N) is 2. The molecule has 0 saturated heterocycles. The van der Waals surface area contributed by atoms with Crippen LogP contribution < -0.4 is 21.1 Å². The van der Waals surface area contributed by atoms with Gasteiger partial charge in [-0.15, -0.1) is 0 Å². The number of hydrogen-bond donors (Lipinski definition) is 6. The number of rotatable bonds is 16. The molecule has 2 heterocycles. The second-order valence-corrected chi connectivity index (χ2v) is 14.9. The van der Waals surface area contributed by atoms with Gasteiger partial charge in [0.2, 0.25) is 6.73 Å². The molecular formula is C40H55N4O5+. The van der Waals surface area contributed by atoms with Gasteiger partial charge in [-0.1, -0.05) is 75.3 Å². The van der Waals surface area contributed by atoms with E-state index < -0.39 is 18.4 Å². The predicted octanol–water partition coefficient (Wildman–Crippen LogP) is 4.64. The summed E-state index contributed by atoms with van der Waals surface area (Å²) in [5.74, 6) is 1.09. The van der Waals surface area contributed by atoms with Crippen molar-refractivity contribution in [1.29, 1.82) is 0 Å². The number of benzene rings is 2. The number of aliphatic hydroxyl groups excluding tert-OH is 2. The van der Waals surface area contributed by atoms with Crippen molar-refractivity contribution < 1.29 is 29.8 Å². The monoisotopic (exact) mass is 671 g/mol. The Labute approximate surface area is 290 Å². The molecule has 3 unspecified atom stereocenters. The molecule has 2 aliphatic carbocycles. The van der Waals surface area contributed by atoms with Gasteiger partial charge in [0.1, 0.15) is 24.2 Å². The van der Waals surface area contributed by atoms with E-state index in [1.165, 1.54) is 48.8 Å². The van der Waals surface area contributed by atoms with Crippen molar-refractivity contribution in [3.63, 3.8) is 0 Å². The summed E-state index contributed by atoms with van der Waals surface area (Å²) in [5.41, 5.74) is 18.5. The highest BCUT2D eigenvalue weighted by molar-refractivity contribution is 6.08. The van der Waals surface area contributed by atoms with E-state index in [0.29, 0.717) is 37.8 Å². The van der Waals surface area contributed by atoms with Crippen molar-refractivity contribution in [2.75, 3.05) is 13.3 Å². The molecule has 2 saturated carbocycles. The topological polar surface area (TPSA) is 156 Å². The lowest BCUT2D eigenvalue weighted by Crippen LogP contribution is -3.07. The van der Waals surface area contributed by atoms with Crippen LogP contribution in [0.5, 0.6) is 11.5 Å². The van der Waals surface area contributed by atoms with E-state index in [-0.39, 0.29) is 36.2 Å². The van der Waals surface area contributed by atoms with Crippen LogP contribution in [-0.2, 0) is 16.6 Å². The van der Waals surface area contributed by atoms with Crippen LogP contribution in [0.1, 0.15) is 113 Å². The zero-order chi connectivity index (χ0) is 34.4. The lowest BCUT2D eigenvalue weighted by molar-refractivity contribution is -0.851. The molecule has 9 nitrogen and oxygen atoms in total. The number of nitrogens with zero attached hydrogens (tertiary/aromatic N) is 1. The van der Waals surface area contributed by atoms with Crippen LogP contribution in [0.4, 0.5) is 0 Å². The number of quaternary nitrogens is 1. The van der Waals surface area contributed by atoms with Gasteiger partial charge >= 0.3 is 0 Å². The van der Waals surface area contributed by atoms with E-state index in [0.717, 1.165) is 53.8 Å². The first-order valence-electron chi connectivity index (χ1n) is 18.5. The highest BCUT2D eigenvalue weighted by Crippen LogP contribution is 2.50. The number of phenols is 1. The number of fused-ring (bicyclic) bond motifs is 1. The van der Waals surface area contributed by atoms with Gasteiger partial charge < -0.3 is 31.5 Å². The summed E-state index contributed by atoms with van der Waals surface area (Å²) in [5, 5.41) is 31.4. The van der Waals surface area contributed by atoms with E-state index in [9.17, 15) is 20.1 Å². The van der Waals surface area contributed by atoms with Crippen LogP contribution in [0.2, 0.25) is 0 Å². The van der Waals surface area contributed by atoms with Crippen molar-refractivity contribution in [3.05, 3.63) is 82.7 Å². The molecule has 0 radical (unpaired) electrons. The Morgan fingerprint density at radius 1 is 1.02 bits per heavy atom. The van der Waals surface area contributed by atoms with E-state index in [1.807, 2.05) is 12.1 Å². The van der Waals surface area contributed by atoms with Crippen molar-refractivity contribution >= 4 is 11.5 Å². The van der Waals surface area contributed by atoms with Gasteiger partial charge in [0, 0.05) is 24.5 Å². The van der Waals surface area contributed by atoms with Gasteiger partial charge in [0.25, 0.3) is 0 Å². The third-order valence-corrected chi connectivity index (χ3v) is 11.3.